The molecule has 0 spiro atoms. The summed E-state index contributed by atoms with van der Waals surface area (Å²) in [4.78, 5) is 0. The maximum absolute atomic E-state index is 6.44. The average Bonchev–Trinajstić information content (AvgIpc) is 3.18. The van der Waals surface area contributed by atoms with Crippen molar-refractivity contribution in [2.75, 3.05) is 39.6 Å². The van der Waals surface area contributed by atoms with Gasteiger partial charge >= 0.3 is 17.6 Å². The summed E-state index contributed by atoms with van der Waals surface area (Å²) < 4.78 is 38.4. The van der Waals surface area contributed by atoms with Gasteiger partial charge in [0, 0.05) is 50.0 Å². The Labute approximate surface area is 200 Å². The fraction of sp³-hybridized carbons (Fsp3) is 0.520. The van der Waals surface area contributed by atoms with Crippen molar-refractivity contribution in [2.45, 2.75) is 48.0 Å². The van der Waals surface area contributed by atoms with Gasteiger partial charge in [-0.25, -0.2) is 0 Å². The van der Waals surface area contributed by atoms with Crippen molar-refractivity contribution >= 4 is 28.0 Å². The fourth-order valence-electron chi connectivity index (χ4n) is 4.66. The van der Waals surface area contributed by atoms with Crippen molar-refractivity contribution in [2.24, 2.45) is 0 Å². The topological polar surface area (TPSA) is 55.4 Å². The van der Waals surface area contributed by atoms with Gasteiger partial charge in [-0.2, -0.15) is 0 Å². The molecule has 0 bridgehead atoms. The van der Waals surface area contributed by atoms with Crippen LogP contribution in [0.4, 0.5) is 0 Å². The second-order valence-corrected chi connectivity index (χ2v) is 12.6. The number of hydrogen-bond donors (Lipinski definition) is 0. The van der Waals surface area contributed by atoms with Crippen molar-refractivity contribution in [3.05, 3.63) is 47.5 Å². The summed E-state index contributed by atoms with van der Waals surface area (Å²) in [5.41, 5.74) is 4.89. The molecule has 1 aliphatic carbocycles. The first-order chi connectivity index (χ1) is 16.1. The summed E-state index contributed by atoms with van der Waals surface area (Å²) in [5.74, 6) is 0. The Morgan fingerprint density at radius 2 is 1.06 bits per heavy atom. The minimum atomic E-state index is -3.31. The molecule has 0 atom stereocenters. The van der Waals surface area contributed by atoms with Crippen molar-refractivity contribution in [1.82, 2.24) is 0 Å². The van der Waals surface area contributed by atoms with E-state index in [2.05, 4.69) is 36.4 Å². The molecule has 0 radical (unpaired) electrons. The Morgan fingerprint density at radius 1 is 0.576 bits per heavy atom. The van der Waals surface area contributed by atoms with Crippen LogP contribution in [0.1, 0.15) is 52.7 Å². The summed E-state index contributed by atoms with van der Waals surface area (Å²) in [6, 6.07) is 12.8. The quantitative estimate of drug-likeness (QED) is 0.321. The van der Waals surface area contributed by atoms with Crippen molar-refractivity contribution < 1.29 is 26.6 Å². The molecule has 0 amide bonds. The van der Waals surface area contributed by atoms with E-state index in [4.69, 9.17) is 26.6 Å². The van der Waals surface area contributed by atoms with Crippen molar-refractivity contribution in [3.63, 3.8) is 0 Å². The molecular formula is C25H38O6Si2. The second-order valence-electron chi connectivity index (χ2n) is 7.56. The van der Waals surface area contributed by atoms with Gasteiger partial charge in [0.25, 0.3) is 0 Å². The van der Waals surface area contributed by atoms with Crippen LogP contribution in [0.2, 0.25) is 0 Å². The number of hydrogen-bond acceptors (Lipinski definition) is 6. The highest BCUT2D eigenvalue weighted by Gasteiger charge is 2.55. The first-order valence-electron chi connectivity index (χ1n) is 12.1. The molecule has 0 aromatic heterocycles. The molecule has 0 saturated carbocycles. The second kappa shape index (κ2) is 11.9. The minimum absolute atomic E-state index is 0.481. The zero-order chi connectivity index (χ0) is 23.9. The van der Waals surface area contributed by atoms with Gasteiger partial charge in [0.05, 0.1) is 0 Å². The molecule has 33 heavy (non-hydrogen) atoms. The predicted octanol–water partition coefficient (Wildman–Crippen LogP) is 3.77. The molecule has 2 aromatic rings. The summed E-state index contributed by atoms with van der Waals surface area (Å²) in [6.07, 6.45) is 0.783. The van der Waals surface area contributed by atoms with E-state index in [1.165, 1.54) is 22.3 Å². The zero-order valence-corrected chi connectivity index (χ0v) is 22.9. The lowest BCUT2D eigenvalue weighted by Crippen LogP contribution is -2.71. The predicted molar refractivity (Wildman–Crippen MR) is 135 cm³/mol. The van der Waals surface area contributed by atoms with E-state index in [9.17, 15) is 0 Å². The van der Waals surface area contributed by atoms with Gasteiger partial charge in [-0.3, -0.25) is 0 Å². The summed E-state index contributed by atoms with van der Waals surface area (Å²) in [6.45, 7) is 14.8. The molecule has 6 nitrogen and oxygen atoms in total. The molecule has 182 valence electrons. The lowest BCUT2D eigenvalue weighted by molar-refractivity contribution is 0.0805. The lowest BCUT2D eigenvalue weighted by Gasteiger charge is -2.36. The monoisotopic (exact) mass is 490 g/mol. The molecule has 0 N–H and O–H groups in total. The highest BCUT2D eigenvalue weighted by molar-refractivity contribution is 6.87. The Balaban J connectivity index is 2.38. The summed E-state index contributed by atoms with van der Waals surface area (Å²) in [5, 5.41) is 1.87. The Hall–Kier alpha value is -1.37. The maximum Gasteiger partial charge on any atom is 0.537 e. The Morgan fingerprint density at radius 3 is 1.58 bits per heavy atom. The minimum Gasteiger partial charge on any atom is -0.370 e. The van der Waals surface area contributed by atoms with Gasteiger partial charge in [0.2, 0.25) is 0 Å². The van der Waals surface area contributed by atoms with Crippen LogP contribution < -0.4 is 10.4 Å². The van der Waals surface area contributed by atoms with Gasteiger partial charge in [-0.05, 0) is 70.2 Å². The van der Waals surface area contributed by atoms with E-state index >= 15 is 0 Å². The molecule has 1 aliphatic rings. The standard InChI is InChI=1S/C25H38O6Si2/c1-7-26-32(27-8-2,28-9-3)24-18-17-22-21-16-14-13-15-20(21)19-23(22)25(24)33(29-10-4,30-11-5)31-12-6/h13-18H,7-12,19H2,1-6H3. The smallest absolute Gasteiger partial charge is 0.370 e. The molecule has 0 heterocycles. The van der Waals surface area contributed by atoms with E-state index < -0.39 is 17.6 Å². The summed E-state index contributed by atoms with van der Waals surface area (Å²) in [7, 11) is -6.58. The van der Waals surface area contributed by atoms with Crippen LogP contribution in [0.5, 0.6) is 0 Å². The Kier molecular flexibility index (Phi) is 9.43. The number of fused-ring (bicyclic) bond motifs is 3. The molecule has 0 unspecified atom stereocenters. The van der Waals surface area contributed by atoms with Crippen LogP contribution in [0.25, 0.3) is 11.1 Å². The lowest BCUT2D eigenvalue weighted by atomic mass is 10.1. The maximum atomic E-state index is 6.44. The zero-order valence-electron chi connectivity index (χ0n) is 20.9. The van der Waals surface area contributed by atoms with E-state index in [1.54, 1.807) is 0 Å². The SMILES string of the molecule is CCO[Si](OCC)(OCC)c1ccc2c(c1[Si](OCC)(OCC)OCC)Cc1ccccc1-2. The highest BCUT2D eigenvalue weighted by Crippen LogP contribution is 2.36. The third-order valence-electron chi connectivity index (χ3n) is 5.63. The molecule has 2 aromatic carbocycles. The van der Waals surface area contributed by atoms with E-state index in [-0.39, 0.29) is 0 Å². The number of rotatable bonds is 14. The van der Waals surface area contributed by atoms with Crippen LogP contribution in [-0.4, -0.2) is 57.3 Å². The third kappa shape index (κ3) is 5.03. The molecular weight excluding hydrogens is 452 g/mol. The van der Waals surface area contributed by atoms with Crippen molar-refractivity contribution in [1.29, 1.82) is 0 Å². The van der Waals surface area contributed by atoms with E-state index in [1.807, 2.05) is 41.5 Å². The van der Waals surface area contributed by atoms with E-state index in [0.717, 1.165) is 16.8 Å². The van der Waals surface area contributed by atoms with Gasteiger partial charge in [-0.1, -0.05) is 36.4 Å². The van der Waals surface area contributed by atoms with Gasteiger partial charge in [0.15, 0.2) is 0 Å². The molecule has 8 heteroatoms. The molecule has 0 aliphatic heterocycles. The normalized spacial score (nSPS) is 13.3. The van der Waals surface area contributed by atoms with E-state index in [0.29, 0.717) is 39.6 Å². The molecule has 0 saturated heterocycles. The molecule has 0 fully saturated rings. The summed E-state index contributed by atoms with van der Waals surface area (Å²) >= 11 is 0. The highest BCUT2D eigenvalue weighted by atomic mass is 28.4. The molecule has 3 rings (SSSR count). The third-order valence-corrected chi connectivity index (χ3v) is 12.2. The van der Waals surface area contributed by atoms with Crippen LogP contribution in [0, 0.1) is 0 Å². The van der Waals surface area contributed by atoms with Gasteiger partial charge in [0.1, 0.15) is 0 Å². The van der Waals surface area contributed by atoms with Gasteiger partial charge < -0.3 is 26.6 Å². The first-order valence-corrected chi connectivity index (χ1v) is 15.6. The van der Waals surface area contributed by atoms with Crippen molar-refractivity contribution in [3.8, 4) is 11.1 Å². The fourth-order valence-corrected chi connectivity index (χ4v) is 11.0. The van der Waals surface area contributed by atoms with Crippen LogP contribution in [-0.2, 0) is 33.0 Å². The first kappa shape index (κ1) is 26.2. The average molecular weight is 491 g/mol. The van der Waals surface area contributed by atoms with Crippen LogP contribution in [0.15, 0.2) is 36.4 Å². The van der Waals surface area contributed by atoms with Crippen LogP contribution >= 0.6 is 0 Å². The Bertz CT molecular complexity index is 886. The van der Waals surface area contributed by atoms with Crippen LogP contribution in [0.3, 0.4) is 0 Å². The van der Waals surface area contributed by atoms with Gasteiger partial charge in [-0.15, -0.1) is 0 Å². The largest absolute Gasteiger partial charge is 0.537 e. The number of benzene rings is 2.